The molecule has 4 heteroatoms. The highest BCUT2D eigenvalue weighted by atomic mass is 127. The minimum absolute atomic E-state index is 0. The van der Waals surface area contributed by atoms with Gasteiger partial charge in [-0.15, -0.1) is 0 Å². The fourth-order valence-corrected chi connectivity index (χ4v) is 1.01. The van der Waals surface area contributed by atoms with Gasteiger partial charge >= 0.3 is 0 Å². The Balaban J connectivity index is 0.000000640. The van der Waals surface area contributed by atoms with Crippen LogP contribution in [0.25, 0.3) is 0 Å². The molecule has 0 amide bonds. The summed E-state index contributed by atoms with van der Waals surface area (Å²) in [4.78, 5) is 4.31. The third-order valence-corrected chi connectivity index (χ3v) is 2.97. The molecule has 0 unspecified atom stereocenters. The minimum Gasteiger partial charge on any atom is -1.00 e. The molecule has 0 radical (unpaired) electrons. The molecule has 1 aliphatic rings. The zero-order chi connectivity index (χ0) is 6.15. The molecule has 54 valence electrons. The van der Waals surface area contributed by atoms with Gasteiger partial charge in [0.1, 0.15) is 0 Å². The van der Waals surface area contributed by atoms with Gasteiger partial charge in [-0.2, -0.15) is 0 Å². The molecule has 0 fully saturated rings. The molecule has 0 aromatic carbocycles. The molecule has 0 saturated heterocycles. The smallest absolute Gasteiger partial charge is 0.154 e. The van der Waals surface area contributed by atoms with Crippen molar-refractivity contribution in [3.05, 3.63) is 12.4 Å². The summed E-state index contributed by atoms with van der Waals surface area (Å²) in [6.45, 7) is 0. The monoisotopic (exact) mass is 351 g/mol. The topological polar surface area (TPSA) is 6.48 Å². The van der Waals surface area contributed by atoms with Crippen LogP contribution in [0.15, 0.2) is 12.4 Å². The van der Waals surface area contributed by atoms with Crippen molar-refractivity contribution in [3.8, 4) is 0 Å². The maximum absolute atomic E-state index is 2.37. The fourth-order valence-electron chi connectivity index (χ4n) is 0.640. The third kappa shape index (κ3) is 2.14. The molecule has 1 heterocycles. The summed E-state index contributed by atoms with van der Waals surface area (Å²) in [5, 5.41) is 0. The van der Waals surface area contributed by atoms with E-state index in [2.05, 4.69) is 58.9 Å². The van der Waals surface area contributed by atoms with Gasteiger partial charge in [0.25, 0.3) is 0 Å². The summed E-state index contributed by atoms with van der Waals surface area (Å²) in [7, 11) is 4.13. The predicted molar refractivity (Wildman–Crippen MR) is 42.5 cm³/mol. The van der Waals surface area contributed by atoms with E-state index in [0.717, 1.165) is 0 Å². The average Bonchev–Trinajstić information content (AvgIpc) is 1.98. The lowest BCUT2D eigenvalue weighted by Crippen LogP contribution is -3.00. The van der Waals surface area contributed by atoms with Crippen molar-refractivity contribution in [2.45, 2.75) is 4.17 Å². The van der Waals surface area contributed by atoms with E-state index in [-0.39, 0.29) is 24.0 Å². The van der Waals surface area contributed by atoms with E-state index in [0.29, 0.717) is 4.17 Å². The van der Waals surface area contributed by atoms with Crippen molar-refractivity contribution in [2.75, 3.05) is 14.1 Å². The van der Waals surface area contributed by atoms with Gasteiger partial charge in [0, 0.05) is 26.5 Å². The molecule has 1 rings (SSSR count). The van der Waals surface area contributed by atoms with Gasteiger partial charge in [-0.25, -0.2) is 0 Å². The van der Waals surface area contributed by atoms with Gasteiger partial charge in [-0.3, -0.25) is 0 Å². The van der Waals surface area contributed by atoms with Crippen LogP contribution in [-0.4, -0.2) is 28.1 Å². The Labute approximate surface area is 86.4 Å². The third-order valence-electron chi connectivity index (χ3n) is 1.21. The van der Waals surface area contributed by atoms with Gasteiger partial charge in [0.05, 0.1) is 0 Å². The number of hydrogen-bond donors (Lipinski definition) is 0. The highest BCUT2D eigenvalue weighted by molar-refractivity contribution is 14.1. The Morgan fingerprint density at radius 2 is 1.56 bits per heavy atom. The van der Waals surface area contributed by atoms with Crippen LogP contribution >= 0.6 is 22.6 Å². The van der Waals surface area contributed by atoms with Gasteiger partial charge in [0.15, 0.2) is 4.17 Å². The highest BCUT2D eigenvalue weighted by Crippen LogP contribution is 2.16. The van der Waals surface area contributed by atoms with E-state index in [4.69, 9.17) is 0 Å². The molecule has 0 atom stereocenters. The molecule has 0 aromatic rings. The van der Waals surface area contributed by atoms with Crippen molar-refractivity contribution in [3.63, 3.8) is 0 Å². The fraction of sp³-hybridized carbons (Fsp3) is 0.600. The van der Waals surface area contributed by atoms with Crippen molar-refractivity contribution in [1.82, 2.24) is 9.80 Å². The Morgan fingerprint density at radius 3 is 1.67 bits per heavy atom. The Hall–Kier alpha value is 0.800. The standard InChI is InChI=1S/C5H9IN2.HI/c1-7-3-4-8(2)5(7)6;/h3-5H,1-2H3;1H/p-1. The second kappa shape index (κ2) is 3.85. The summed E-state index contributed by atoms with van der Waals surface area (Å²) in [5.74, 6) is 0. The first-order valence-electron chi connectivity index (χ1n) is 2.48. The number of alkyl halides is 1. The van der Waals surface area contributed by atoms with Crippen molar-refractivity contribution in [2.24, 2.45) is 0 Å². The first-order valence-corrected chi connectivity index (χ1v) is 3.72. The van der Waals surface area contributed by atoms with Crippen LogP contribution < -0.4 is 24.0 Å². The van der Waals surface area contributed by atoms with Crippen molar-refractivity contribution in [1.29, 1.82) is 0 Å². The van der Waals surface area contributed by atoms with E-state index in [1.54, 1.807) is 0 Å². The molecule has 0 spiro atoms. The SMILES string of the molecule is CN1C=CN(C)C1I.[I-]. The quantitative estimate of drug-likeness (QED) is 0.285. The minimum atomic E-state index is 0. The van der Waals surface area contributed by atoms with Crippen LogP contribution in [0.3, 0.4) is 0 Å². The summed E-state index contributed by atoms with van der Waals surface area (Å²) in [6, 6.07) is 0. The van der Waals surface area contributed by atoms with Gasteiger partial charge in [-0.1, -0.05) is 0 Å². The number of rotatable bonds is 0. The second-order valence-corrected chi connectivity index (χ2v) is 3.05. The second-order valence-electron chi connectivity index (χ2n) is 1.94. The lowest BCUT2D eigenvalue weighted by molar-refractivity contribution is -0.00000160. The first kappa shape index (κ1) is 9.80. The molecule has 0 aliphatic carbocycles. The van der Waals surface area contributed by atoms with Gasteiger partial charge in [0.2, 0.25) is 0 Å². The van der Waals surface area contributed by atoms with Gasteiger partial charge < -0.3 is 33.8 Å². The molecule has 9 heavy (non-hydrogen) atoms. The van der Waals surface area contributed by atoms with Crippen LogP contribution in [0.2, 0.25) is 0 Å². The Bertz CT molecular complexity index is 104. The maximum Gasteiger partial charge on any atom is 0.154 e. The molecular formula is C5H9I2N2-. The number of hydrogen-bond acceptors (Lipinski definition) is 2. The first-order chi connectivity index (χ1) is 3.72. The van der Waals surface area contributed by atoms with Crippen LogP contribution in [0, 0.1) is 0 Å². The van der Waals surface area contributed by atoms with E-state index in [9.17, 15) is 0 Å². The van der Waals surface area contributed by atoms with Crippen LogP contribution in [0.1, 0.15) is 0 Å². The van der Waals surface area contributed by atoms with Crippen LogP contribution in [0.5, 0.6) is 0 Å². The molecular weight excluding hydrogens is 342 g/mol. The number of nitrogens with zero attached hydrogens (tertiary/aromatic N) is 2. The number of halogens is 2. The largest absolute Gasteiger partial charge is 1.00 e. The summed E-state index contributed by atoms with van der Waals surface area (Å²) in [5.41, 5.74) is 0. The Morgan fingerprint density at radius 1 is 1.22 bits per heavy atom. The Kier molecular flexibility index (Phi) is 4.19. The molecule has 2 nitrogen and oxygen atoms in total. The predicted octanol–water partition coefficient (Wildman–Crippen LogP) is -1.94. The highest BCUT2D eigenvalue weighted by Gasteiger charge is 2.14. The maximum atomic E-state index is 2.37. The van der Waals surface area contributed by atoms with E-state index < -0.39 is 0 Å². The van der Waals surface area contributed by atoms with E-state index in [1.165, 1.54) is 0 Å². The molecule has 1 aliphatic heterocycles. The summed E-state index contributed by atoms with van der Waals surface area (Å²) < 4.78 is 0.507. The molecule has 0 aromatic heterocycles. The van der Waals surface area contributed by atoms with Crippen molar-refractivity contribution >= 4 is 22.6 Å². The lowest BCUT2D eigenvalue weighted by atomic mass is 10.9. The van der Waals surface area contributed by atoms with Crippen LogP contribution in [-0.2, 0) is 0 Å². The molecule has 0 saturated carbocycles. The average molecular weight is 351 g/mol. The van der Waals surface area contributed by atoms with Gasteiger partial charge in [-0.05, 0) is 22.6 Å². The zero-order valence-corrected chi connectivity index (χ0v) is 9.70. The zero-order valence-electron chi connectivity index (χ0n) is 5.38. The van der Waals surface area contributed by atoms with Crippen molar-refractivity contribution < 1.29 is 24.0 Å². The summed E-state index contributed by atoms with van der Waals surface area (Å²) in [6.07, 6.45) is 4.13. The summed E-state index contributed by atoms with van der Waals surface area (Å²) >= 11 is 2.37. The van der Waals surface area contributed by atoms with E-state index in [1.807, 2.05) is 0 Å². The normalized spacial score (nSPS) is 18.6. The molecule has 0 bridgehead atoms. The van der Waals surface area contributed by atoms with Crippen LogP contribution in [0.4, 0.5) is 0 Å². The van der Waals surface area contributed by atoms with E-state index >= 15 is 0 Å². The molecule has 0 N–H and O–H groups in total. The lowest BCUT2D eigenvalue weighted by Gasteiger charge is -2.20.